The van der Waals surface area contributed by atoms with Crippen LogP contribution in [0.4, 0.5) is 0 Å². The summed E-state index contributed by atoms with van der Waals surface area (Å²) in [5, 5.41) is 15.6. The first kappa shape index (κ1) is 29.4. The highest BCUT2D eigenvalue weighted by atomic mass is 14.5. The molecule has 0 aromatic heterocycles. The lowest BCUT2D eigenvalue weighted by atomic mass is 9.69. The van der Waals surface area contributed by atoms with Gasteiger partial charge in [0.1, 0.15) is 0 Å². The second kappa shape index (κ2) is 10.6. The minimum absolute atomic E-state index is 0.462. The number of hydrogen-bond donors (Lipinski definition) is 0. The van der Waals surface area contributed by atoms with Gasteiger partial charge in [-0.25, -0.2) is 0 Å². The van der Waals surface area contributed by atoms with Crippen molar-refractivity contribution in [3.8, 4) is 33.4 Å². The van der Waals surface area contributed by atoms with Crippen LogP contribution in [0.5, 0.6) is 0 Å². The molecule has 0 atom stereocenters. The Balaban J connectivity index is 1.25. The van der Waals surface area contributed by atoms with Crippen molar-refractivity contribution in [3.63, 3.8) is 0 Å². The second-order valence-electron chi connectivity index (χ2n) is 15.4. The van der Waals surface area contributed by atoms with Crippen LogP contribution in [-0.2, 0) is 5.41 Å². The van der Waals surface area contributed by atoms with Gasteiger partial charge in [0.25, 0.3) is 0 Å². The van der Waals surface area contributed by atoms with Crippen molar-refractivity contribution in [1.82, 2.24) is 0 Å². The van der Waals surface area contributed by atoms with E-state index >= 15 is 0 Å². The van der Waals surface area contributed by atoms with E-state index in [1.165, 1.54) is 120 Å². The van der Waals surface area contributed by atoms with Gasteiger partial charge < -0.3 is 0 Å². The topological polar surface area (TPSA) is 0 Å². The average molecular weight is 693 g/mol. The Morgan fingerprint density at radius 1 is 0.236 bits per heavy atom. The zero-order chi connectivity index (χ0) is 35.8. The third-order valence-corrected chi connectivity index (χ3v) is 13.0. The maximum Gasteiger partial charge on any atom is 0.0726 e. The lowest BCUT2D eigenvalue weighted by molar-refractivity contribution is 0.795. The number of rotatable bonds is 1. The van der Waals surface area contributed by atoms with E-state index in [1.807, 2.05) is 0 Å². The summed E-state index contributed by atoms with van der Waals surface area (Å²) in [6, 6.07) is 73.4. The Hall–Kier alpha value is -7.02. The van der Waals surface area contributed by atoms with Gasteiger partial charge in [-0.3, -0.25) is 0 Å². The van der Waals surface area contributed by atoms with Gasteiger partial charge in [-0.1, -0.05) is 182 Å². The van der Waals surface area contributed by atoms with E-state index in [1.54, 1.807) is 0 Å². The quantitative estimate of drug-likeness (QED) is 0.150. The molecule has 2 aliphatic carbocycles. The minimum atomic E-state index is -0.462. The SMILES string of the molecule is c1ccc2c(c1)-c1ccccc1C21c2ccc3ccccc3c2-c2c1cc(-c1cc3c4ccccc4c4ccccc4c3c3ccccc13)c1ccccc21. The van der Waals surface area contributed by atoms with Gasteiger partial charge >= 0.3 is 0 Å². The van der Waals surface area contributed by atoms with Crippen molar-refractivity contribution in [1.29, 1.82) is 0 Å². The van der Waals surface area contributed by atoms with Crippen LogP contribution in [0.15, 0.2) is 194 Å². The van der Waals surface area contributed by atoms with Crippen molar-refractivity contribution >= 4 is 64.6 Å². The summed E-state index contributed by atoms with van der Waals surface area (Å²) in [7, 11) is 0. The van der Waals surface area contributed by atoms with Gasteiger partial charge in [0.2, 0.25) is 0 Å². The van der Waals surface area contributed by atoms with Gasteiger partial charge in [-0.05, 0) is 132 Å². The average Bonchev–Trinajstić information content (AvgIpc) is 3.73. The molecule has 55 heavy (non-hydrogen) atoms. The Labute approximate surface area is 318 Å². The van der Waals surface area contributed by atoms with E-state index in [0.717, 1.165) is 0 Å². The molecule has 0 heteroatoms. The molecular formula is C55H32. The molecule has 0 fully saturated rings. The molecule has 0 nitrogen and oxygen atoms in total. The Morgan fingerprint density at radius 2 is 0.673 bits per heavy atom. The first-order valence-corrected chi connectivity index (χ1v) is 19.4. The first-order valence-electron chi connectivity index (χ1n) is 19.4. The highest BCUT2D eigenvalue weighted by Gasteiger charge is 2.52. The largest absolute Gasteiger partial charge is 0.0726 e. The molecular weight excluding hydrogens is 661 g/mol. The van der Waals surface area contributed by atoms with Crippen molar-refractivity contribution in [2.24, 2.45) is 0 Å². The maximum absolute atomic E-state index is 2.60. The van der Waals surface area contributed by atoms with Crippen molar-refractivity contribution in [2.45, 2.75) is 5.41 Å². The van der Waals surface area contributed by atoms with Crippen LogP contribution in [0.3, 0.4) is 0 Å². The summed E-state index contributed by atoms with van der Waals surface area (Å²) in [6.45, 7) is 0. The van der Waals surface area contributed by atoms with E-state index in [9.17, 15) is 0 Å². The molecule has 1 spiro atoms. The maximum atomic E-state index is 2.60. The van der Waals surface area contributed by atoms with Crippen molar-refractivity contribution in [2.75, 3.05) is 0 Å². The van der Waals surface area contributed by atoms with Gasteiger partial charge in [-0.15, -0.1) is 0 Å². The summed E-state index contributed by atoms with van der Waals surface area (Å²) in [4.78, 5) is 0. The van der Waals surface area contributed by atoms with Crippen LogP contribution in [0.2, 0.25) is 0 Å². The lowest BCUT2D eigenvalue weighted by Gasteiger charge is -2.31. The van der Waals surface area contributed by atoms with Crippen LogP contribution in [0, 0.1) is 0 Å². The summed E-state index contributed by atoms with van der Waals surface area (Å²) in [5.74, 6) is 0. The fourth-order valence-corrected chi connectivity index (χ4v) is 11.0. The molecule has 0 N–H and O–H groups in total. The molecule has 2 aliphatic rings. The molecule has 0 aliphatic heterocycles. The number of hydrogen-bond acceptors (Lipinski definition) is 0. The minimum Gasteiger partial charge on any atom is -0.0619 e. The molecule has 0 bridgehead atoms. The van der Waals surface area contributed by atoms with Crippen LogP contribution >= 0.6 is 0 Å². The van der Waals surface area contributed by atoms with E-state index in [2.05, 4.69) is 194 Å². The van der Waals surface area contributed by atoms with Crippen molar-refractivity contribution in [3.05, 3.63) is 216 Å². The summed E-state index contributed by atoms with van der Waals surface area (Å²) >= 11 is 0. The third kappa shape index (κ3) is 3.58. The Kier molecular flexibility index (Phi) is 5.65. The third-order valence-electron chi connectivity index (χ3n) is 13.0. The molecule has 0 unspecified atom stereocenters. The highest BCUT2D eigenvalue weighted by Crippen LogP contribution is 2.65. The normalized spacial score (nSPS) is 13.6. The van der Waals surface area contributed by atoms with Gasteiger partial charge in [0, 0.05) is 0 Å². The Morgan fingerprint density at radius 3 is 1.35 bits per heavy atom. The summed E-state index contributed by atoms with van der Waals surface area (Å²) < 4.78 is 0. The fourth-order valence-electron chi connectivity index (χ4n) is 11.0. The molecule has 0 heterocycles. The van der Waals surface area contributed by atoms with E-state index in [4.69, 9.17) is 0 Å². The monoisotopic (exact) mass is 692 g/mol. The molecule has 0 saturated carbocycles. The van der Waals surface area contributed by atoms with Gasteiger partial charge in [-0.2, -0.15) is 0 Å². The molecule has 11 aromatic carbocycles. The van der Waals surface area contributed by atoms with E-state index < -0.39 is 5.41 Å². The standard InChI is InChI=1S/C55H32/c1-2-16-34-33(15-1)29-30-50-53(34)54-44-26-10-7-21-39(44)46(32-51(54)55(50)48-27-13-11-22-40(48)41-23-12-14-28-49(41)55)45-31-47-37-19-4-3-17-35(37)36-18-5-8-24-42(36)52(47)43-25-9-6-20-38(43)45/h1-32H. The molecule has 252 valence electrons. The highest BCUT2D eigenvalue weighted by molar-refractivity contribution is 6.33. The van der Waals surface area contributed by atoms with E-state index in [0.29, 0.717) is 0 Å². The van der Waals surface area contributed by atoms with Crippen LogP contribution < -0.4 is 0 Å². The van der Waals surface area contributed by atoms with E-state index in [-0.39, 0.29) is 0 Å². The van der Waals surface area contributed by atoms with Crippen molar-refractivity contribution < 1.29 is 0 Å². The zero-order valence-corrected chi connectivity index (χ0v) is 30.0. The molecule has 0 saturated heterocycles. The Bertz CT molecular complexity index is 3440. The predicted octanol–water partition coefficient (Wildman–Crippen LogP) is 14.6. The molecule has 0 radical (unpaired) electrons. The summed E-state index contributed by atoms with van der Waals surface area (Å²) in [5.41, 5.74) is 13.0. The molecule has 13 rings (SSSR count). The molecule has 11 aromatic rings. The molecule has 0 amide bonds. The first-order chi connectivity index (χ1) is 27.3. The van der Waals surface area contributed by atoms with Crippen LogP contribution in [0.1, 0.15) is 22.3 Å². The summed E-state index contributed by atoms with van der Waals surface area (Å²) in [6.07, 6.45) is 0. The lowest BCUT2D eigenvalue weighted by Crippen LogP contribution is -2.26. The predicted molar refractivity (Wildman–Crippen MR) is 233 cm³/mol. The van der Waals surface area contributed by atoms with Crippen LogP contribution in [0.25, 0.3) is 98.0 Å². The van der Waals surface area contributed by atoms with Gasteiger partial charge in [0.05, 0.1) is 5.41 Å². The van der Waals surface area contributed by atoms with Crippen LogP contribution in [-0.4, -0.2) is 0 Å². The second-order valence-corrected chi connectivity index (χ2v) is 15.4. The smallest absolute Gasteiger partial charge is 0.0619 e. The zero-order valence-electron chi connectivity index (χ0n) is 30.0. The van der Waals surface area contributed by atoms with Gasteiger partial charge in [0.15, 0.2) is 0 Å². The fraction of sp³-hybridized carbons (Fsp3) is 0.0182. The number of fused-ring (bicyclic) bond motifs is 22. The number of benzene rings is 11.